The number of fused-ring (bicyclic) bond motifs is 1. The van der Waals surface area contributed by atoms with Crippen LogP contribution in [0, 0.1) is 10.1 Å². The molecule has 2 aromatic rings. The molecule has 1 atom stereocenters. The van der Waals surface area contributed by atoms with Gasteiger partial charge < -0.3 is 0 Å². The largest absolute Gasteiger partial charge is 0.289 e. The number of hydrogen-bond donors (Lipinski definition) is 1. The SMILES string of the molecule is O=[N+]([O-])c1ccccc1S(=O)(=O)NC[C@@H]1CCCc2ccccc21. The number of benzene rings is 2. The van der Waals surface area contributed by atoms with Crippen LogP contribution in [0.3, 0.4) is 0 Å². The molecule has 2 aromatic carbocycles. The Morgan fingerprint density at radius 1 is 1.12 bits per heavy atom. The second-order valence-corrected chi connectivity index (χ2v) is 7.60. The van der Waals surface area contributed by atoms with Crippen LogP contribution in [0.15, 0.2) is 53.4 Å². The molecule has 1 N–H and O–H groups in total. The summed E-state index contributed by atoms with van der Waals surface area (Å²) in [5.74, 6) is 0.0903. The van der Waals surface area contributed by atoms with E-state index in [2.05, 4.69) is 10.8 Å². The first-order valence-electron chi connectivity index (χ1n) is 7.80. The quantitative estimate of drug-likeness (QED) is 0.666. The maximum atomic E-state index is 12.5. The molecule has 24 heavy (non-hydrogen) atoms. The number of nitrogens with zero attached hydrogens (tertiary/aromatic N) is 1. The van der Waals surface area contributed by atoms with Gasteiger partial charge in [-0.3, -0.25) is 10.1 Å². The van der Waals surface area contributed by atoms with Crippen LogP contribution in [0.2, 0.25) is 0 Å². The minimum Gasteiger partial charge on any atom is -0.258 e. The van der Waals surface area contributed by atoms with Gasteiger partial charge in [0.2, 0.25) is 10.0 Å². The van der Waals surface area contributed by atoms with Gasteiger partial charge in [-0.15, -0.1) is 0 Å². The van der Waals surface area contributed by atoms with Crippen molar-refractivity contribution < 1.29 is 13.3 Å². The molecular weight excluding hydrogens is 328 g/mol. The predicted octanol–water partition coefficient (Wildman–Crippen LogP) is 2.99. The summed E-state index contributed by atoms with van der Waals surface area (Å²) in [6.07, 6.45) is 2.91. The Morgan fingerprint density at radius 3 is 2.62 bits per heavy atom. The first-order chi connectivity index (χ1) is 11.5. The van der Waals surface area contributed by atoms with Crippen molar-refractivity contribution in [1.29, 1.82) is 0 Å². The van der Waals surface area contributed by atoms with Crippen LogP contribution < -0.4 is 4.72 Å². The number of para-hydroxylation sites is 1. The van der Waals surface area contributed by atoms with Crippen molar-refractivity contribution in [2.45, 2.75) is 30.1 Å². The molecule has 126 valence electrons. The van der Waals surface area contributed by atoms with E-state index in [-0.39, 0.29) is 17.4 Å². The zero-order valence-electron chi connectivity index (χ0n) is 13.0. The molecule has 0 amide bonds. The predicted molar refractivity (Wildman–Crippen MR) is 90.4 cm³/mol. The molecule has 0 spiro atoms. The number of rotatable bonds is 5. The van der Waals surface area contributed by atoms with E-state index < -0.39 is 20.6 Å². The molecule has 0 bridgehead atoms. The summed E-state index contributed by atoms with van der Waals surface area (Å²) >= 11 is 0. The average Bonchev–Trinajstić information content (AvgIpc) is 2.60. The number of nitro groups is 1. The second kappa shape index (κ2) is 6.70. The fourth-order valence-corrected chi connectivity index (χ4v) is 4.44. The Kier molecular flexibility index (Phi) is 4.64. The van der Waals surface area contributed by atoms with E-state index in [9.17, 15) is 18.5 Å². The molecule has 1 aliphatic carbocycles. The van der Waals surface area contributed by atoms with Crippen LogP contribution >= 0.6 is 0 Å². The first-order valence-corrected chi connectivity index (χ1v) is 9.28. The van der Waals surface area contributed by atoms with Crippen LogP contribution in [-0.2, 0) is 16.4 Å². The van der Waals surface area contributed by atoms with Gasteiger partial charge in [0.1, 0.15) is 0 Å². The highest BCUT2D eigenvalue weighted by Gasteiger charge is 2.27. The molecule has 0 saturated carbocycles. The third-order valence-electron chi connectivity index (χ3n) is 4.36. The summed E-state index contributed by atoms with van der Waals surface area (Å²) in [7, 11) is -3.93. The van der Waals surface area contributed by atoms with Gasteiger partial charge in [-0.05, 0) is 42.4 Å². The highest BCUT2D eigenvalue weighted by Crippen LogP contribution is 2.31. The van der Waals surface area contributed by atoms with Crippen LogP contribution in [0.5, 0.6) is 0 Å². The maximum absolute atomic E-state index is 12.5. The van der Waals surface area contributed by atoms with E-state index >= 15 is 0 Å². The van der Waals surface area contributed by atoms with E-state index in [0.29, 0.717) is 0 Å². The minimum absolute atomic E-state index is 0.0903. The van der Waals surface area contributed by atoms with Gasteiger partial charge in [0.15, 0.2) is 4.90 Å². The molecule has 6 nitrogen and oxygen atoms in total. The normalized spacial score (nSPS) is 17.2. The Morgan fingerprint density at radius 2 is 1.83 bits per heavy atom. The summed E-state index contributed by atoms with van der Waals surface area (Å²) in [5, 5.41) is 11.1. The third-order valence-corrected chi connectivity index (χ3v) is 5.84. The van der Waals surface area contributed by atoms with Gasteiger partial charge in [-0.2, -0.15) is 0 Å². The van der Waals surface area contributed by atoms with E-state index in [1.807, 2.05) is 18.2 Å². The van der Waals surface area contributed by atoms with Crippen LogP contribution in [-0.4, -0.2) is 19.9 Å². The van der Waals surface area contributed by atoms with Crippen LogP contribution in [0.4, 0.5) is 5.69 Å². The summed E-state index contributed by atoms with van der Waals surface area (Å²) in [4.78, 5) is 10.1. The topological polar surface area (TPSA) is 89.3 Å². The van der Waals surface area contributed by atoms with Crippen LogP contribution in [0.1, 0.15) is 29.9 Å². The average molecular weight is 346 g/mol. The molecule has 0 saturated heterocycles. The summed E-state index contributed by atoms with van der Waals surface area (Å²) in [6.45, 7) is 0.241. The van der Waals surface area contributed by atoms with Crippen molar-refractivity contribution in [2.75, 3.05) is 6.54 Å². The van der Waals surface area contributed by atoms with Crippen molar-refractivity contribution in [3.05, 3.63) is 69.8 Å². The molecule has 0 fully saturated rings. The first kappa shape index (κ1) is 16.6. The summed E-state index contributed by atoms with van der Waals surface area (Å²) in [5.41, 5.74) is 2.00. The number of sulfonamides is 1. The highest BCUT2D eigenvalue weighted by atomic mass is 32.2. The van der Waals surface area contributed by atoms with Gasteiger partial charge in [-0.25, -0.2) is 13.1 Å². The Labute approximate surface area is 140 Å². The van der Waals surface area contributed by atoms with Gasteiger partial charge in [-0.1, -0.05) is 36.4 Å². The molecular formula is C17H18N2O4S. The van der Waals surface area contributed by atoms with Crippen molar-refractivity contribution >= 4 is 15.7 Å². The lowest BCUT2D eigenvalue weighted by atomic mass is 9.83. The minimum atomic E-state index is -3.93. The number of nitro benzene ring substituents is 1. The van der Waals surface area contributed by atoms with Gasteiger partial charge in [0, 0.05) is 12.6 Å². The van der Waals surface area contributed by atoms with Gasteiger partial charge in [0.05, 0.1) is 4.92 Å². The lowest BCUT2D eigenvalue weighted by molar-refractivity contribution is -0.387. The zero-order chi connectivity index (χ0) is 17.2. The van der Waals surface area contributed by atoms with E-state index in [4.69, 9.17) is 0 Å². The van der Waals surface area contributed by atoms with E-state index in [1.165, 1.54) is 29.8 Å². The van der Waals surface area contributed by atoms with Gasteiger partial charge in [0.25, 0.3) is 5.69 Å². The second-order valence-electron chi connectivity index (χ2n) is 5.86. The zero-order valence-corrected chi connectivity index (χ0v) is 13.8. The summed E-state index contributed by atoms with van der Waals surface area (Å²) < 4.78 is 27.5. The Hall–Kier alpha value is -2.25. The number of aryl methyl sites for hydroxylation is 1. The molecule has 0 radical (unpaired) electrons. The molecule has 0 heterocycles. The molecule has 3 rings (SSSR count). The molecule has 0 aromatic heterocycles. The number of hydrogen-bond acceptors (Lipinski definition) is 4. The standard InChI is InChI=1S/C17H18N2O4S/c20-19(21)16-10-3-4-11-17(16)24(22,23)18-12-14-8-5-7-13-6-1-2-9-15(13)14/h1-4,6,9-11,14,18H,5,7-8,12H2/t14-/m0/s1. The molecule has 7 heteroatoms. The van der Waals surface area contributed by atoms with E-state index in [0.717, 1.165) is 24.8 Å². The molecule has 0 unspecified atom stereocenters. The maximum Gasteiger partial charge on any atom is 0.289 e. The third kappa shape index (κ3) is 3.32. The van der Waals surface area contributed by atoms with Crippen molar-refractivity contribution in [1.82, 2.24) is 4.72 Å². The van der Waals surface area contributed by atoms with Crippen LogP contribution in [0.25, 0.3) is 0 Å². The Bertz CT molecular complexity index is 864. The lowest BCUT2D eigenvalue weighted by Crippen LogP contribution is -2.30. The smallest absolute Gasteiger partial charge is 0.258 e. The number of nitrogens with one attached hydrogen (secondary N) is 1. The van der Waals surface area contributed by atoms with Crippen molar-refractivity contribution in [3.8, 4) is 0 Å². The molecule has 0 aliphatic heterocycles. The summed E-state index contributed by atoms with van der Waals surface area (Å²) in [6, 6.07) is 13.4. The lowest BCUT2D eigenvalue weighted by Gasteiger charge is -2.25. The van der Waals surface area contributed by atoms with E-state index in [1.54, 1.807) is 0 Å². The fraction of sp³-hybridized carbons (Fsp3) is 0.294. The fourth-order valence-electron chi connectivity index (χ4n) is 3.19. The molecule has 1 aliphatic rings. The monoisotopic (exact) mass is 346 g/mol. The highest BCUT2D eigenvalue weighted by molar-refractivity contribution is 7.89. The Balaban J connectivity index is 1.81. The van der Waals surface area contributed by atoms with Crippen molar-refractivity contribution in [3.63, 3.8) is 0 Å². The van der Waals surface area contributed by atoms with Gasteiger partial charge >= 0.3 is 0 Å². The van der Waals surface area contributed by atoms with Crippen molar-refractivity contribution in [2.24, 2.45) is 0 Å².